The highest BCUT2D eigenvalue weighted by molar-refractivity contribution is 6.42. The molecular formula is C12H8Cl2O5. The molecular weight excluding hydrogens is 295 g/mol. The number of hydrogen-bond acceptors (Lipinski definition) is 5. The Hall–Kier alpha value is -1.59. The molecule has 1 aliphatic rings. The monoisotopic (exact) mass is 302 g/mol. The van der Waals surface area contributed by atoms with Crippen LogP contribution in [0.4, 0.5) is 0 Å². The number of halogens is 2. The maximum absolute atomic E-state index is 11.8. The van der Waals surface area contributed by atoms with Crippen LogP contribution in [0.3, 0.4) is 0 Å². The summed E-state index contributed by atoms with van der Waals surface area (Å²) >= 11 is 11.8. The van der Waals surface area contributed by atoms with Gasteiger partial charge in [-0.15, -0.1) is 0 Å². The van der Waals surface area contributed by atoms with Crippen LogP contribution in [0.2, 0.25) is 10.0 Å². The maximum atomic E-state index is 11.8. The summed E-state index contributed by atoms with van der Waals surface area (Å²) in [6.45, 7) is 3.33. The highest BCUT2D eigenvalue weighted by Crippen LogP contribution is 2.36. The minimum atomic E-state index is -0.925. The number of ether oxygens (including phenoxy) is 2. The lowest BCUT2D eigenvalue weighted by atomic mass is 10.1. The van der Waals surface area contributed by atoms with Gasteiger partial charge in [-0.2, -0.15) is 0 Å². The molecule has 0 spiro atoms. The minimum Gasteiger partial charge on any atom is -0.459 e. The first-order valence-electron chi connectivity index (χ1n) is 5.32. The summed E-state index contributed by atoms with van der Waals surface area (Å²) in [6, 6.07) is 1.19. The lowest BCUT2D eigenvalue weighted by molar-refractivity contribution is 0.0376. The molecule has 7 heteroatoms. The predicted octanol–water partition coefficient (Wildman–Crippen LogP) is 2.87. The third kappa shape index (κ3) is 2.31. The van der Waals surface area contributed by atoms with E-state index in [2.05, 4.69) is 4.74 Å². The van der Waals surface area contributed by atoms with Gasteiger partial charge in [-0.25, -0.2) is 14.4 Å². The zero-order chi connectivity index (χ0) is 14.3. The Labute approximate surface area is 118 Å². The van der Waals surface area contributed by atoms with Gasteiger partial charge >= 0.3 is 17.9 Å². The standard InChI is InChI=1S/C12H8Cl2O5/c1-4(2)18-10(15)5-3-6(13)7-8(9(5)14)12(17)19-11(7)16/h3-4H,1-2H3. The number of esters is 3. The van der Waals surface area contributed by atoms with E-state index in [4.69, 9.17) is 27.9 Å². The predicted molar refractivity (Wildman–Crippen MR) is 66.8 cm³/mol. The van der Waals surface area contributed by atoms with Crippen LogP contribution in [0.5, 0.6) is 0 Å². The molecule has 1 aromatic carbocycles. The van der Waals surface area contributed by atoms with Gasteiger partial charge in [-0.3, -0.25) is 0 Å². The average Bonchev–Trinajstić information content (AvgIpc) is 2.58. The summed E-state index contributed by atoms with van der Waals surface area (Å²) in [4.78, 5) is 34.7. The van der Waals surface area contributed by atoms with Crippen LogP contribution in [-0.2, 0) is 9.47 Å². The lowest BCUT2D eigenvalue weighted by Gasteiger charge is -2.10. The molecule has 19 heavy (non-hydrogen) atoms. The van der Waals surface area contributed by atoms with E-state index < -0.39 is 17.9 Å². The van der Waals surface area contributed by atoms with Gasteiger partial charge in [0.2, 0.25) is 0 Å². The number of benzene rings is 1. The molecule has 1 heterocycles. The third-order valence-corrected chi connectivity index (χ3v) is 3.06. The van der Waals surface area contributed by atoms with Crippen molar-refractivity contribution >= 4 is 41.1 Å². The van der Waals surface area contributed by atoms with Crippen molar-refractivity contribution in [3.8, 4) is 0 Å². The average molecular weight is 303 g/mol. The highest BCUT2D eigenvalue weighted by Gasteiger charge is 2.37. The van der Waals surface area contributed by atoms with Gasteiger partial charge < -0.3 is 9.47 Å². The molecule has 0 aliphatic carbocycles. The Morgan fingerprint density at radius 3 is 2.37 bits per heavy atom. The smallest absolute Gasteiger partial charge is 0.348 e. The molecule has 1 aromatic rings. The van der Waals surface area contributed by atoms with Crippen molar-refractivity contribution in [1.29, 1.82) is 0 Å². The molecule has 1 aliphatic heterocycles. The first-order valence-corrected chi connectivity index (χ1v) is 6.08. The quantitative estimate of drug-likeness (QED) is 0.620. The highest BCUT2D eigenvalue weighted by atomic mass is 35.5. The molecule has 0 atom stereocenters. The number of carbonyl (C=O) groups is 3. The molecule has 5 nitrogen and oxygen atoms in total. The molecule has 2 rings (SSSR count). The number of carbonyl (C=O) groups excluding carboxylic acids is 3. The van der Waals surface area contributed by atoms with Crippen LogP contribution in [0.1, 0.15) is 44.9 Å². The van der Waals surface area contributed by atoms with Crippen molar-refractivity contribution in [2.24, 2.45) is 0 Å². The van der Waals surface area contributed by atoms with Crippen molar-refractivity contribution in [2.45, 2.75) is 20.0 Å². The van der Waals surface area contributed by atoms with Crippen molar-refractivity contribution in [3.05, 3.63) is 32.8 Å². The summed E-state index contributed by atoms with van der Waals surface area (Å²) in [6.07, 6.45) is -0.357. The second-order valence-electron chi connectivity index (χ2n) is 4.10. The van der Waals surface area contributed by atoms with E-state index in [9.17, 15) is 14.4 Å². The second kappa shape index (κ2) is 4.83. The first-order chi connectivity index (χ1) is 8.82. The van der Waals surface area contributed by atoms with Gasteiger partial charge in [-0.05, 0) is 19.9 Å². The fraction of sp³-hybridized carbons (Fsp3) is 0.250. The van der Waals surface area contributed by atoms with Gasteiger partial charge in [0.05, 0.1) is 32.8 Å². The normalized spacial score (nSPS) is 13.5. The van der Waals surface area contributed by atoms with Crippen LogP contribution >= 0.6 is 23.2 Å². The zero-order valence-electron chi connectivity index (χ0n) is 9.95. The van der Waals surface area contributed by atoms with Gasteiger partial charge in [0, 0.05) is 0 Å². The summed E-state index contributed by atoms with van der Waals surface area (Å²) in [7, 11) is 0. The molecule has 0 aromatic heterocycles. The van der Waals surface area contributed by atoms with E-state index in [-0.39, 0.29) is 32.8 Å². The summed E-state index contributed by atoms with van der Waals surface area (Å²) in [5.74, 6) is -2.53. The van der Waals surface area contributed by atoms with Crippen LogP contribution in [0.25, 0.3) is 0 Å². The Balaban J connectivity index is 2.59. The molecule has 0 radical (unpaired) electrons. The fourth-order valence-corrected chi connectivity index (χ4v) is 2.21. The van der Waals surface area contributed by atoms with Crippen LogP contribution in [0, 0.1) is 0 Å². The molecule has 100 valence electrons. The third-order valence-electron chi connectivity index (χ3n) is 2.37. The number of cyclic esters (lactones) is 2. The van der Waals surface area contributed by atoms with E-state index in [1.165, 1.54) is 6.07 Å². The first kappa shape index (κ1) is 13.8. The minimum absolute atomic E-state index is 0.0778. The van der Waals surface area contributed by atoms with Crippen LogP contribution in [-0.4, -0.2) is 24.0 Å². The largest absolute Gasteiger partial charge is 0.459 e. The van der Waals surface area contributed by atoms with Gasteiger partial charge in [0.1, 0.15) is 0 Å². The lowest BCUT2D eigenvalue weighted by Crippen LogP contribution is -2.13. The van der Waals surface area contributed by atoms with E-state index in [0.29, 0.717) is 0 Å². The Morgan fingerprint density at radius 1 is 1.21 bits per heavy atom. The van der Waals surface area contributed by atoms with E-state index in [1.54, 1.807) is 13.8 Å². The number of hydrogen-bond donors (Lipinski definition) is 0. The summed E-state index contributed by atoms with van der Waals surface area (Å²) in [5, 5.41) is -0.271. The second-order valence-corrected chi connectivity index (χ2v) is 4.89. The molecule has 0 bridgehead atoms. The van der Waals surface area contributed by atoms with Crippen molar-refractivity contribution in [2.75, 3.05) is 0 Å². The van der Waals surface area contributed by atoms with Crippen LogP contribution in [0.15, 0.2) is 6.07 Å². The molecule has 0 unspecified atom stereocenters. The molecule has 0 saturated carbocycles. The van der Waals surface area contributed by atoms with Gasteiger partial charge in [0.25, 0.3) is 0 Å². The number of fused-ring (bicyclic) bond motifs is 1. The van der Waals surface area contributed by atoms with E-state index in [1.807, 2.05) is 0 Å². The Morgan fingerprint density at radius 2 is 1.79 bits per heavy atom. The van der Waals surface area contributed by atoms with E-state index >= 15 is 0 Å². The molecule has 0 fully saturated rings. The van der Waals surface area contributed by atoms with Crippen molar-refractivity contribution in [1.82, 2.24) is 0 Å². The molecule has 0 N–H and O–H groups in total. The summed E-state index contributed by atoms with van der Waals surface area (Å²) in [5.41, 5.74) is -0.404. The Bertz CT molecular complexity index is 607. The topological polar surface area (TPSA) is 69.7 Å². The molecule has 0 amide bonds. The van der Waals surface area contributed by atoms with Crippen molar-refractivity contribution in [3.63, 3.8) is 0 Å². The van der Waals surface area contributed by atoms with Gasteiger partial charge in [0.15, 0.2) is 0 Å². The maximum Gasteiger partial charge on any atom is 0.348 e. The SMILES string of the molecule is CC(C)OC(=O)c1cc(Cl)c2c(c1Cl)C(=O)OC2=O. The van der Waals surface area contributed by atoms with Crippen LogP contribution < -0.4 is 0 Å². The van der Waals surface area contributed by atoms with E-state index in [0.717, 1.165) is 0 Å². The van der Waals surface area contributed by atoms with Crippen molar-refractivity contribution < 1.29 is 23.9 Å². The number of rotatable bonds is 2. The zero-order valence-corrected chi connectivity index (χ0v) is 11.5. The Kier molecular flexibility index (Phi) is 3.52. The molecule has 0 saturated heterocycles. The summed E-state index contributed by atoms with van der Waals surface area (Å²) < 4.78 is 9.39. The van der Waals surface area contributed by atoms with Gasteiger partial charge in [-0.1, -0.05) is 23.2 Å². The fourth-order valence-electron chi connectivity index (χ4n) is 1.63.